The number of halogens is 2. The average Bonchev–Trinajstić information content (AvgIpc) is 3.71. The van der Waals surface area contributed by atoms with Gasteiger partial charge in [0.05, 0.1) is 24.2 Å². The van der Waals surface area contributed by atoms with E-state index in [4.69, 9.17) is 14.5 Å². The van der Waals surface area contributed by atoms with Crippen LogP contribution in [0.1, 0.15) is 44.9 Å². The number of carbonyl (C=O) groups is 1. The molecule has 208 valence electrons. The van der Waals surface area contributed by atoms with Gasteiger partial charge in [0.15, 0.2) is 5.82 Å². The minimum absolute atomic E-state index is 0.00678. The van der Waals surface area contributed by atoms with E-state index in [0.717, 1.165) is 25.7 Å². The summed E-state index contributed by atoms with van der Waals surface area (Å²) in [6, 6.07) is 8.49. The standard InChI is InChI=1S/C27H33F2N7O3/c1-17(26(37)35(18-6-7-18)19-8-12-38-13-9-19)30-27-32-22(34-10-14-39-15-11-34)16-23(33-27)36-21-5-3-2-4-20(21)31-25(36)24(28)29/h2-5,16-19,24H,6-15H2,1H3,(H,30,32,33)/t17-/m0/s1. The molecule has 4 heterocycles. The lowest BCUT2D eigenvalue weighted by molar-refractivity contribution is -0.136. The first-order valence-electron chi connectivity index (χ1n) is 13.6. The number of nitrogens with one attached hydrogen (secondary N) is 1. The highest BCUT2D eigenvalue weighted by Gasteiger charge is 2.39. The number of morpholine rings is 1. The zero-order valence-corrected chi connectivity index (χ0v) is 21.9. The number of rotatable bonds is 8. The molecule has 6 rings (SSSR count). The maximum atomic E-state index is 14.1. The van der Waals surface area contributed by atoms with Gasteiger partial charge in [-0.3, -0.25) is 9.36 Å². The first-order valence-corrected chi connectivity index (χ1v) is 13.6. The first kappa shape index (κ1) is 25.9. The van der Waals surface area contributed by atoms with Crippen molar-refractivity contribution in [3.63, 3.8) is 0 Å². The number of aromatic nitrogens is 4. The summed E-state index contributed by atoms with van der Waals surface area (Å²) in [7, 11) is 0. The van der Waals surface area contributed by atoms with Crippen LogP contribution in [0.25, 0.3) is 16.9 Å². The van der Waals surface area contributed by atoms with Crippen molar-refractivity contribution < 1.29 is 23.0 Å². The van der Waals surface area contributed by atoms with Crippen LogP contribution in [0.3, 0.4) is 0 Å². The minimum Gasteiger partial charge on any atom is -0.381 e. The number of amides is 1. The van der Waals surface area contributed by atoms with Crippen molar-refractivity contribution in [3.05, 3.63) is 36.2 Å². The smallest absolute Gasteiger partial charge is 0.296 e. The third-order valence-electron chi connectivity index (χ3n) is 7.54. The highest BCUT2D eigenvalue weighted by Crippen LogP contribution is 2.33. The molecule has 0 radical (unpaired) electrons. The summed E-state index contributed by atoms with van der Waals surface area (Å²) in [6.07, 6.45) is 0.862. The van der Waals surface area contributed by atoms with Crippen LogP contribution in [0.15, 0.2) is 30.3 Å². The van der Waals surface area contributed by atoms with Crippen molar-refractivity contribution in [2.45, 2.75) is 57.2 Å². The number of benzene rings is 1. The predicted octanol–water partition coefficient (Wildman–Crippen LogP) is 3.56. The molecule has 1 atom stereocenters. The second-order valence-corrected chi connectivity index (χ2v) is 10.3. The molecule has 1 amide bonds. The van der Waals surface area contributed by atoms with Crippen molar-refractivity contribution in [2.24, 2.45) is 0 Å². The zero-order valence-electron chi connectivity index (χ0n) is 21.9. The second kappa shape index (κ2) is 11.0. The molecule has 10 nitrogen and oxygen atoms in total. The highest BCUT2D eigenvalue weighted by atomic mass is 19.3. The Morgan fingerprint density at radius 1 is 0.974 bits per heavy atom. The molecule has 0 spiro atoms. The molecule has 12 heteroatoms. The van der Waals surface area contributed by atoms with Crippen LogP contribution in [0.5, 0.6) is 0 Å². The van der Waals surface area contributed by atoms with E-state index in [9.17, 15) is 13.6 Å². The van der Waals surface area contributed by atoms with Crippen LogP contribution in [-0.2, 0) is 14.3 Å². The summed E-state index contributed by atoms with van der Waals surface area (Å²) in [6.45, 7) is 5.40. The number of alkyl halides is 2. The van der Waals surface area contributed by atoms with Gasteiger partial charge in [0, 0.05) is 44.5 Å². The molecule has 39 heavy (non-hydrogen) atoms. The van der Waals surface area contributed by atoms with E-state index in [-0.39, 0.29) is 29.8 Å². The Labute approximate surface area is 225 Å². The summed E-state index contributed by atoms with van der Waals surface area (Å²) in [5.74, 6) is 0.647. The van der Waals surface area contributed by atoms with E-state index in [1.807, 2.05) is 9.80 Å². The fourth-order valence-corrected chi connectivity index (χ4v) is 5.44. The summed E-state index contributed by atoms with van der Waals surface area (Å²) < 4.78 is 40.7. The van der Waals surface area contributed by atoms with E-state index in [2.05, 4.69) is 15.3 Å². The van der Waals surface area contributed by atoms with Gasteiger partial charge in [-0.1, -0.05) is 12.1 Å². The third-order valence-corrected chi connectivity index (χ3v) is 7.54. The Kier molecular flexibility index (Phi) is 7.30. The maximum absolute atomic E-state index is 14.1. The Bertz CT molecular complexity index is 1320. The molecule has 1 aliphatic carbocycles. The van der Waals surface area contributed by atoms with E-state index in [1.54, 1.807) is 37.3 Å². The lowest BCUT2D eigenvalue weighted by Crippen LogP contribution is -2.50. The van der Waals surface area contributed by atoms with Gasteiger partial charge in [0.25, 0.3) is 6.43 Å². The Hall–Kier alpha value is -3.38. The van der Waals surface area contributed by atoms with Crippen molar-refractivity contribution in [1.82, 2.24) is 24.4 Å². The van der Waals surface area contributed by atoms with Gasteiger partial charge in [-0.15, -0.1) is 0 Å². The average molecular weight is 542 g/mol. The van der Waals surface area contributed by atoms with E-state index < -0.39 is 18.3 Å². The van der Waals surface area contributed by atoms with Crippen LogP contribution in [-0.4, -0.2) is 88.0 Å². The molecule has 2 aromatic heterocycles. The van der Waals surface area contributed by atoms with Gasteiger partial charge >= 0.3 is 0 Å². The van der Waals surface area contributed by atoms with E-state index in [1.165, 1.54) is 4.57 Å². The van der Waals surface area contributed by atoms with Crippen molar-refractivity contribution in [2.75, 3.05) is 49.7 Å². The molecule has 2 saturated heterocycles. The molecule has 1 N–H and O–H groups in total. The van der Waals surface area contributed by atoms with Gasteiger partial charge in [-0.25, -0.2) is 13.8 Å². The van der Waals surface area contributed by atoms with Crippen molar-refractivity contribution in [3.8, 4) is 5.82 Å². The monoisotopic (exact) mass is 541 g/mol. The van der Waals surface area contributed by atoms with Crippen molar-refractivity contribution in [1.29, 1.82) is 0 Å². The molecule has 2 aliphatic heterocycles. The van der Waals surface area contributed by atoms with Crippen LogP contribution >= 0.6 is 0 Å². The van der Waals surface area contributed by atoms with E-state index >= 15 is 0 Å². The quantitative estimate of drug-likeness (QED) is 0.463. The third kappa shape index (κ3) is 5.40. The molecule has 0 bridgehead atoms. The zero-order chi connectivity index (χ0) is 26.9. The summed E-state index contributed by atoms with van der Waals surface area (Å²) in [5, 5.41) is 3.20. The number of hydrogen-bond acceptors (Lipinski definition) is 8. The predicted molar refractivity (Wildman–Crippen MR) is 141 cm³/mol. The minimum atomic E-state index is -2.80. The number of carbonyl (C=O) groups excluding carboxylic acids is 1. The number of fused-ring (bicyclic) bond motifs is 1. The lowest BCUT2D eigenvalue weighted by atomic mass is 10.1. The Balaban J connectivity index is 1.35. The molecule has 3 fully saturated rings. The summed E-state index contributed by atoms with van der Waals surface area (Å²) >= 11 is 0. The topological polar surface area (TPSA) is 97.6 Å². The number of imidazole rings is 1. The fourth-order valence-electron chi connectivity index (χ4n) is 5.44. The Morgan fingerprint density at radius 2 is 1.64 bits per heavy atom. The highest BCUT2D eigenvalue weighted by molar-refractivity contribution is 5.85. The molecular formula is C27H33F2N7O3. The molecule has 0 unspecified atom stereocenters. The normalized spacial score (nSPS) is 19.4. The number of ether oxygens (including phenoxy) is 2. The molecule has 3 aromatic rings. The number of anilines is 2. The molecule has 1 aromatic carbocycles. The van der Waals surface area contributed by atoms with Gasteiger partial charge in [-0.05, 0) is 44.7 Å². The summed E-state index contributed by atoms with van der Waals surface area (Å²) in [4.78, 5) is 31.3. The van der Waals surface area contributed by atoms with Crippen molar-refractivity contribution >= 4 is 28.7 Å². The molecule has 1 saturated carbocycles. The fraction of sp³-hybridized carbons (Fsp3) is 0.556. The maximum Gasteiger partial charge on any atom is 0.296 e. The van der Waals surface area contributed by atoms with Crippen LogP contribution in [0.2, 0.25) is 0 Å². The van der Waals surface area contributed by atoms with Gasteiger partial charge in [0.2, 0.25) is 11.9 Å². The van der Waals surface area contributed by atoms with Crippen LogP contribution < -0.4 is 10.2 Å². The van der Waals surface area contributed by atoms with Crippen LogP contribution in [0.4, 0.5) is 20.5 Å². The van der Waals surface area contributed by atoms with E-state index in [0.29, 0.717) is 56.4 Å². The van der Waals surface area contributed by atoms with Gasteiger partial charge in [0.1, 0.15) is 17.7 Å². The van der Waals surface area contributed by atoms with Crippen LogP contribution in [0, 0.1) is 0 Å². The van der Waals surface area contributed by atoms with Gasteiger partial charge < -0.3 is 24.6 Å². The Morgan fingerprint density at radius 3 is 2.36 bits per heavy atom. The van der Waals surface area contributed by atoms with Gasteiger partial charge in [-0.2, -0.15) is 9.97 Å². The number of nitrogens with zero attached hydrogens (tertiary/aromatic N) is 6. The molecular weight excluding hydrogens is 508 g/mol. The SMILES string of the molecule is C[C@H](Nc1nc(N2CCOCC2)cc(-n2c(C(F)F)nc3ccccc32)n1)C(=O)N(C1CCOCC1)C1CC1. The first-order chi connectivity index (χ1) is 19.0. The number of hydrogen-bond donors (Lipinski definition) is 1. The molecule has 3 aliphatic rings. The largest absolute Gasteiger partial charge is 0.381 e. The lowest BCUT2D eigenvalue weighted by Gasteiger charge is -2.36. The second-order valence-electron chi connectivity index (χ2n) is 10.3. The number of para-hydroxylation sites is 2. The summed E-state index contributed by atoms with van der Waals surface area (Å²) in [5.41, 5.74) is 0.975.